The molecule has 1 aromatic carbocycles. The first-order valence-corrected chi connectivity index (χ1v) is 8.76. The number of carbonyl (C=O) groups excluding carboxylic acids is 1. The molecular weight excluding hydrogens is 409 g/mol. The third-order valence-corrected chi connectivity index (χ3v) is 3.95. The molecule has 4 rings (SSSR count). The van der Waals surface area contributed by atoms with Crippen molar-refractivity contribution in [2.75, 3.05) is 5.73 Å². The van der Waals surface area contributed by atoms with Gasteiger partial charge in [0.25, 0.3) is 5.91 Å². The van der Waals surface area contributed by atoms with Gasteiger partial charge in [-0.2, -0.15) is 9.78 Å². The van der Waals surface area contributed by atoms with Crippen LogP contribution in [-0.2, 0) is 6.61 Å². The second-order valence-electron chi connectivity index (χ2n) is 5.99. The molecule has 13 heteroatoms. The number of hydrazone groups is 1. The van der Waals surface area contributed by atoms with Crippen molar-refractivity contribution in [3.8, 4) is 11.6 Å². The van der Waals surface area contributed by atoms with Crippen LogP contribution in [0.15, 0.2) is 58.5 Å². The van der Waals surface area contributed by atoms with Gasteiger partial charge in [-0.3, -0.25) is 9.78 Å². The van der Waals surface area contributed by atoms with E-state index >= 15 is 0 Å². The van der Waals surface area contributed by atoms with Crippen molar-refractivity contribution >= 4 is 17.9 Å². The van der Waals surface area contributed by atoms with Gasteiger partial charge in [0.1, 0.15) is 23.9 Å². The quantitative estimate of drug-likeness (QED) is 0.328. The lowest BCUT2D eigenvalue weighted by atomic mass is 10.3. The average molecular weight is 423 g/mol. The summed E-state index contributed by atoms with van der Waals surface area (Å²) in [5, 5.41) is 18.8. The Balaban J connectivity index is 1.58. The van der Waals surface area contributed by atoms with Crippen LogP contribution >= 0.6 is 0 Å². The van der Waals surface area contributed by atoms with Crippen LogP contribution in [0.5, 0.6) is 5.75 Å². The Hall–Kier alpha value is -4.68. The van der Waals surface area contributed by atoms with Gasteiger partial charge in [0, 0.05) is 12.4 Å². The molecule has 0 aliphatic heterocycles. The predicted octanol–water partition coefficient (Wildman–Crippen LogP) is 1.11. The fraction of sp³-hybridized carbons (Fsp3) is 0.0556. The summed E-state index contributed by atoms with van der Waals surface area (Å²) < 4.78 is 24.5. The maximum Gasteiger partial charge on any atom is 0.293 e. The summed E-state index contributed by atoms with van der Waals surface area (Å²) in [7, 11) is 0. The Morgan fingerprint density at radius 2 is 2.00 bits per heavy atom. The lowest BCUT2D eigenvalue weighted by Gasteiger charge is -2.08. The highest BCUT2D eigenvalue weighted by molar-refractivity contribution is 5.94. The standard InChI is InChI=1S/C18H14FN9O3/c19-12-1-3-13(4-2-12)30-10-14-15(23-27-28(14)17-16(20)25-31-26-17)18(29)24-22-9-11-5-7-21-8-6-11/h1-9H,10H2,(H2,20,25)(H,24,29)/b22-9+. The number of aromatic nitrogens is 6. The van der Waals surface area contributed by atoms with Crippen LogP contribution in [0.1, 0.15) is 21.7 Å². The number of anilines is 1. The number of hydrogen-bond donors (Lipinski definition) is 2. The first-order valence-electron chi connectivity index (χ1n) is 8.76. The van der Waals surface area contributed by atoms with E-state index in [-0.39, 0.29) is 29.6 Å². The molecule has 156 valence electrons. The maximum absolute atomic E-state index is 13.1. The molecule has 0 atom stereocenters. The molecule has 31 heavy (non-hydrogen) atoms. The number of ether oxygens (including phenoxy) is 1. The first kappa shape index (κ1) is 19.6. The van der Waals surface area contributed by atoms with Gasteiger partial charge in [0.05, 0.1) is 6.21 Å². The molecule has 0 spiro atoms. The van der Waals surface area contributed by atoms with E-state index in [9.17, 15) is 9.18 Å². The van der Waals surface area contributed by atoms with E-state index in [1.807, 2.05) is 0 Å². The Morgan fingerprint density at radius 3 is 2.71 bits per heavy atom. The van der Waals surface area contributed by atoms with E-state index < -0.39 is 11.7 Å². The van der Waals surface area contributed by atoms with Crippen molar-refractivity contribution in [3.05, 3.63) is 71.6 Å². The number of halogens is 1. The summed E-state index contributed by atoms with van der Waals surface area (Å²) in [5.74, 6) is -0.723. The number of nitrogens with one attached hydrogen (secondary N) is 1. The molecule has 0 fully saturated rings. The van der Waals surface area contributed by atoms with Gasteiger partial charge < -0.3 is 10.5 Å². The number of hydrogen-bond acceptors (Lipinski definition) is 10. The monoisotopic (exact) mass is 423 g/mol. The zero-order chi connectivity index (χ0) is 21.6. The molecule has 3 heterocycles. The van der Waals surface area contributed by atoms with E-state index in [1.165, 1.54) is 30.5 Å². The fourth-order valence-electron chi connectivity index (χ4n) is 2.47. The van der Waals surface area contributed by atoms with Gasteiger partial charge >= 0.3 is 0 Å². The highest BCUT2D eigenvalue weighted by Crippen LogP contribution is 2.19. The minimum absolute atomic E-state index is 0.0320. The van der Waals surface area contributed by atoms with Crippen molar-refractivity contribution in [1.29, 1.82) is 0 Å². The molecular formula is C18H14FN9O3. The summed E-state index contributed by atoms with van der Waals surface area (Å²) >= 11 is 0. The fourth-order valence-corrected chi connectivity index (χ4v) is 2.47. The van der Waals surface area contributed by atoms with Crippen molar-refractivity contribution in [3.63, 3.8) is 0 Å². The second kappa shape index (κ2) is 8.77. The summed E-state index contributed by atoms with van der Waals surface area (Å²) in [6.45, 7) is -0.165. The number of nitrogens with two attached hydrogens (primary N) is 1. The molecule has 3 N–H and O–H groups in total. The number of nitrogens with zero attached hydrogens (tertiary/aromatic N) is 7. The molecule has 1 amide bonds. The molecule has 0 saturated heterocycles. The highest BCUT2D eigenvalue weighted by Gasteiger charge is 2.24. The second-order valence-corrected chi connectivity index (χ2v) is 5.99. The zero-order valence-electron chi connectivity index (χ0n) is 15.7. The van der Waals surface area contributed by atoms with Gasteiger partial charge in [0.15, 0.2) is 5.69 Å². The minimum atomic E-state index is -0.649. The van der Waals surface area contributed by atoms with Gasteiger partial charge in [-0.05, 0) is 52.3 Å². The molecule has 0 aliphatic carbocycles. The number of rotatable bonds is 7. The lowest BCUT2D eigenvalue weighted by Crippen LogP contribution is -2.21. The Bertz CT molecular complexity index is 1210. The largest absolute Gasteiger partial charge is 0.487 e. The maximum atomic E-state index is 13.1. The number of amides is 1. The number of pyridine rings is 1. The zero-order valence-corrected chi connectivity index (χ0v) is 15.7. The van der Waals surface area contributed by atoms with E-state index in [1.54, 1.807) is 24.5 Å². The van der Waals surface area contributed by atoms with E-state index in [4.69, 9.17) is 10.5 Å². The molecule has 0 aliphatic rings. The Morgan fingerprint density at radius 1 is 1.23 bits per heavy atom. The summed E-state index contributed by atoms with van der Waals surface area (Å²) in [4.78, 5) is 16.5. The molecule has 0 bridgehead atoms. The molecule has 0 radical (unpaired) electrons. The van der Waals surface area contributed by atoms with Crippen molar-refractivity contribution in [2.24, 2.45) is 5.10 Å². The molecule has 12 nitrogen and oxygen atoms in total. The van der Waals surface area contributed by atoms with Crippen LogP contribution in [0.3, 0.4) is 0 Å². The third-order valence-electron chi connectivity index (χ3n) is 3.95. The Labute approximate surface area is 173 Å². The van der Waals surface area contributed by atoms with Gasteiger partial charge in [-0.15, -0.1) is 5.10 Å². The van der Waals surface area contributed by atoms with Crippen molar-refractivity contribution in [2.45, 2.75) is 6.61 Å². The minimum Gasteiger partial charge on any atom is -0.487 e. The SMILES string of the molecule is Nc1nonc1-n1nnc(C(=O)N/N=C/c2ccncc2)c1COc1ccc(F)cc1. The molecule has 3 aromatic heterocycles. The average Bonchev–Trinajstić information content (AvgIpc) is 3.39. The van der Waals surface area contributed by atoms with Gasteiger partial charge in [0.2, 0.25) is 11.6 Å². The van der Waals surface area contributed by atoms with Crippen LogP contribution in [-0.4, -0.2) is 42.4 Å². The van der Waals surface area contributed by atoms with E-state index in [0.29, 0.717) is 5.75 Å². The van der Waals surface area contributed by atoms with Crippen molar-refractivity contribution < 1.29 is 18.6 Å². The molecule has 0 saturated carbocycles. The molecule has 0 unspecified atom stereocenters. The first-order chi connectivity index (χ1) is 15.1. The van der Waals surface area contributed by atoms with Crippen LogP contribution < -0.4 is 15.9 Å². The topological polar surface area (TPSA) is 159 Å². The number of carbonyl (C=O) groups is 1. The van der Waals surface area contributed by atoms with Crippen LogP contribution in [0.25, 0.3) is 5.82 Å². The summed E-state index contributed by atoms with van der Waals surface area (Å²) in [6.07, 6.45) is 4.63. The summed E-state index contributed by atoms with van der Waals surface area (Å²) in [6, 6.07) is 8.79. The van der Waals surface area contributed by atoms with Crippen molar-refractivity contribution in [1.82, 2.24) is 35.7 Å². The van der Waals surface area contributed by atoms with Crippen LogP contribution in [0.4, 0.5) is 10.2 Å². The van der Waals surface area contributed by atoms with E-state index in [0.717, 1.165) is 10.2 Å². The molecule has 4 aromatic rings. The lowest BCUT2D eigenvalue weighted by molar-refractivity contribution is 0.0947. The van der Waals surface area contributed by atoms with Crippen LogP contribution in [0, 0.1) is 5.82 Å². The highest BCUT2D eigenvalue weighted by atomic mass is 19.1. The van der Waals surface area contributed by atoms with Gasteiger partial charge in [-0.25, -0.2) is 14.4 Å². The predicted molar refractivity (Wildman–Crippen MR) is 104 cm³/mol. The van der Waals surface area contributed by atoms with E-state index in [2.05, 4.69) is 40.8 Å². The Kier molecular flexibility index (Phi) is 5.55. The normalized spacial score (nSPS) is 11.0. The third kappa shape index (κ3) is 4.50. The van der Waals surface area contributed by atoms with Crippen LogP contribution in [0.2, 0.25) is 0 Å². The summed E-state index contributed by atoms with van der Waals surface area (Å²) in [5.41, 5.74) is 8.94. The number of benzene rings is 1. The van der Waals surface area contributed by atoms with Gasteiger partial charge in [-0.1, -0.05) is 5.21 Å². The smallest absolute Gasteiger partial charge is 0.293 e. The number of nitrogen functional groups attached to an aromatic ring is 1.